The summed E-state index contributed by atoms with van der Waals surface area (Å²) < 4.78 is 0. The van der Waals surface area contributed by atoms with Crippen LogP contribution in [-0.4, -0.2) is 41.4 Å². The summed E-state index contributed by atoms with van der Waals surface area (Å²) in [6, 6.07) is -0.421. The van der Waals surface area contributed by atoms with E-state index in [1.165, 1.54) is 6.42 Å². The summed E-state index contributed by atoms with van der Waals surface area (Å²) in [7, 11) is 0. The Morgan fingerprint density at radius 1 is 1.26 bits per heavy atom. The van der Waals surface area contributed by atoms with Gasteiger partial charge in [-0.15, -0.1) is 0 Å². The number of hydrogen-bond acceptors (Lipinski definition) is 3. The van der Waals surface area contributed by atoms with Gasteiger partial charge in [0.15, 0.2) is 0 Å². The van der Waals surface area contributed by atoms with Gasteiger partial charge in [-0.05, 0) is 43.4 Å². The zero-order valence-corrected chi connectivity index (χ0v) is 13.2. The number of urea groups is 1. The minimum absolute atomic E-state index is 0.164. The Kier molecular flexibility index (Phi) is 3.43. The molecule has 0 aromatic rings. The standard InChI is InChI=1S/C17H23N3O3/c21-14(18-9-13-8-11-3-4-12(13)7-11)10-20-15(22)17(19-16(20)23)5-1-2-6-17/h3-4,11-13H,1-2,5-10H2,(H,18,21)(H,19,23)/t11-,12-,13+/m0/s1. The SMILES string of the molecule is O=C(CN1C(=O)NC2(CCCC2)C1=O)NC[C@H]1C[C@H]2C=C[C@H]1C2. The van der Waals surface area contributed by atoms with Crippen molar-refractivity contribution in [2.24, 2.45) is 17.8 Å². The molecule has 0 unspecified atom stereocenters. The third-order valence-electron chi connectivity index (χ3n) is 5.98. The van der Waals surface area contributed by atoms with Crippen LogP contribution < -0.4 is 10.6 Å². The molecule has 3 aliphatic carbocycles. The maximum atomic E-state index is 12.5. The van der Waals surface area contributed by atoms with E-state index in [4.69, 9.17) is 0 Å². The number of amides is 4. The summed E-state index contributed by atoms with van der Waals surface area (Å²) >= 11 is 0. The molecule has 0 aromatic carbocycles. The monoisotopic (exact) mass is 317 g/mol. The van der Waals surface area contributed by atoms with Crippen molar-refractivity contribution >= 4 is 17.8 Å². The molecule has 4 amide bonds. The van der Waals surface area contributed by atoms with Gasteiger partial charge in [0.1, 0.15) is 12.1 Å². The van der Waals surface area contributed by atoms with Gasteiger partial charge in [0, 0.05) is 6.54 Å². The van der Waals surface area contributed by atoms with Crippen LogP contribution >= 0.6 is 0 Å². The number of allylic oxidation sites excluding steroid dienone is 2. The Bertz CT molecular complexity index is 580. The summed E-state index contributed by atoms with van der Waals surface area (Å²) in [5.41, 5.74) is -0.729. The number of fused-ring (bicyclic) bond motifs is 2. The molecule has 3 fully saturated rings. The van der Waals surface area contributed by atoms with E-state index < -0.39 is 11.6 Å². The largest absolute Gasteiger partial charge is 0.354 e. The first-order chi connectivity index (χ1) is 11.1. The van der Waals surface area contributed by atoms with E-state index in [9.17, 15) is 14.4 Å². The number of rotatable bonds is 4. The van der Waals surface area contributed by atoms with Crippen LogP contribution in [0.5, 0.6) is 0 Å². The average molecular weight is 317 g/mol. The summed E-state index contributed by atoms with van der Waals surface area (Å²) in [4.78, 5) is 37.8. The zero-order valence-electron chi connectivity index (χ0n) is 13.2. The molecule has 3 atom stereocenters. The Hall–Kier alpha value is -1.85. The topological polar surface area (TPSA) is 78.5 Å². The molecule has 6 nitrogen and oxygen atoms in total. The first-order valence-electron chi connectivity index (χ1n) is 8.66. The van der Waals surface area contributed by atoms with Crippen molar-refractivity contribution in [3.8, 4) is 0 Å². The molecular formula is C17H23N3O3. The molecule has 2 N–H and O–H groups in total. The zero-order chi connectivity index (χ0) is 16.0. The molecule has 0 aromatic heterocycles. The second kappa shape index (κ2) is 5.35. The molecule has 23 heavy (non-hydrogen) atoms. The quantitative estimate of drug-likeness (QED) is 0.604. The van der Waals surface area contributed by atoms with E-state index in [1.54, 1.807) is 0 Å². The molecule has 2 saturated carbocycles. The molecule has 4 aliphatic rings. The van der Waals surface area contributed by atoms with E-state index >= 15 is 0 Å². The highest BCUT2D eigenvalue weighted by Gasteiger charge is 2.52. The fourth-order valence-electron chi connectivity index (χ4n) is 4.71. The number of hydrogen-bond donors (Lipinski definition) is 2. The minimum Gasteiger partial charge on any atom is -0.354 e. The third-order valence-corrected chi connectivity index (χ3v) is 5.98. The van der Waals surface area contributed by atoms with Gasteiger partial charge in [-0.3, -0.25) is 14.5 Å². The van der Waals surface area contributed by atoms with Gasteiger partial charge in [0.05, 0.1) is 0 Å². The highest BCUT2D eigenvalue weighted by Crippen LogP contribution is 2.43. The summed E-state index contributed by atoms with van der Waals surface area (Å²) in [5, 5.41) is 5.71. The molecule has 2 bridgehead atoms. The van der Waals surface area contributed by atoms with Crippen LogP contribution in [0.3, 0.4) is 0 Å². The Morgan fingerprint density at radius 3 is 2.70 bits per heavy atom. The summed E-state index contributed by atoms with van der Waals surface area (Å²) in [5.74, 6) is 1.29. The van der Waals surface area contributed by atoms with E-state index in [0.717, 1.165) is 24.2 Å². The fraction of sp³-hybridized carbons (Fsp3) is 0.706. The lowest BCUT2D eigenvalue weighted by Gasteiger charge is -2.21. The highest BCUT2D eigenvalue weighted by atomic mass is 16.2. The Labute approximate surface area is 135 Å². The maximum absolute atomic E-state index is 12.5. The van der Waals surface area contributed by atoms with Crippen LogP contribution in [0.4, 0.5) is 4.79 Å². The molecule has 0 radical (unpaired) electrons. The van der Waals surface area contributed by atoms with Gasteiger partial charge in [-0.25, -0.2) is 4.79 Å². The minimum atomic E-state index is -0.729. The molecule has 4 rings (SSSR count). The molecule has 6 heteroatoms. The normalized spacial score (nSPS) is 33.7. The molecular weight excluding hydrogens is 294 g/mol. The van der Waals surface area contributed by atoms with Crippen molar-refractivity contribution in [1.82, 2.24) is 15.5 Å². The first kappa shape index (κ1) is 14.7. The smallest absolute Gasteiger partial charge is 0.325 e. The van der Waals surface area contributed by atoms with Gasteiger partial charge in [-0.1, -0.05) is 25.0 Å². The van der Waals surface area contributed by atoms with Crippen LogP contribution in [0, 0.1) is 17.8 Å². The van der Waals surface area contributed by atoms with Crippen molar-refractivity contribution in [3.63, 3.8) is 0 Å². The average Bonchev–Trinajstić information content (AvgIpc) is 3.28. The van der Waals surface area contributed by atoms with E-state index in [0.29, 0.717) is 37.1 Å². The summed E-state index contributed by atoms with van der Waals surface area (Å²) in [6.45, 7) is 0.474. The van der Waals surface area contributed by atoms with E-state index in [-0.39, 0.29) is 18.4 Å². The first-order valence-corrected chi connectivity index (χ1v) is 8.66. The predicted octanol–water partition coefficient (Wildman–Crippen LogP) is 1.18. The lowest BCUT2D eigenvalue weighted by atomic mass is 9.93. The van der Waals surface area contributed by atoms with Crippen molar-refractivity contribution in [2.75, 3.05) is 13.1 Å². The van der Waals surface area contributed by atoms with Gasteiger partial charge in [-0.2, -0.15) is 0 Å². The van der Waals surface area contributed by atoms with Crippen LogP contribution in [0.2, 0.25) is 0 Å². The van der Waals surface area contributed by atoms with E-state index in [2.05, 4.69) is 22.8 Å². The Balaban J connectivity index is 1.31. The maximum Gasteiger partial charge on any atom is 0.325 e. The number of nitrogens with zero attached hydrogens (tertiary/aromatic N) is 1. The molecule has 1 saturated heterocycles. The Morgan fingerprint density at radius 2 is 2.04 bits per heavy atom. The predicted molar refractivity (Wildman–Crippen MR) is 83.3 cm³/mol. The second-order valence-corrected chi connectivity index (χ2v) is 7.46. The van der Waals surface area contributed by atoms with Gasteiger partial charge >= 0.3 is 6.03 Å². The molecule has 124 valence electrons. The van der Waals surface area contributed by atoms with Crippen LogP contribution in [0.1, 0.15) is 38.5 Å². The van der Waals surface area contributed by atoms with E-state index in [1.807, 2.05) is 0 Å². The lowest BCUT2D eigenvalue weighted by Crippen LogP contribution is -2.45. The highest BCUT2D eigenvalue weighted by molar-refractivity contribution is 6.09. The second-order valence-electron chi connectivity index (χ2n) is 7.46. The molecule has 1 heterocycles. The number of carbonyl (C=O) groups excluding carboxylic acids is 3. The molecule has 1 aliphatic heterocycles. The van der Waals surface area contributed by atoms with Gasteiger partial charge in [0.2, 0.25) is 5.91 Å². The summed E-state index contributed by atoms with van der Waals surface area (Å²) in [6.07, 6.45) is 10.1. The molecule has 1 spiro atoms. The van der Waals surface area contributed by atoms with Gasteiger partial charge in [0.25, 0.3) is 5.91 Å². The number of nitrogens with one attached hydrogen (secondary N) is 2. The van der Waals surface area contributed by atoms with Crippen molar-refractivity contribution < 1.29 is 14.4 Å². The number of imide groups is 1. The van der Waals surface area contributed by atoms with Gasteiger partial charge < -0.3 is 10.6 Å². The number of carbonyl (C=O) groups is 3. The lowest BCUT2D eigenvalue weighted by molar-refractivity contribution is -0.134. The van der Waals surface area contributed by atoms with Crippen LogP contribution in [-0.2, 0) is 9.59 Å². The van der Waals surface area contributed by atoms with Crippen molar-refractivity contribution in [2.45, 2.75) is 44.1 Å². The fourth-order valence-corrected chi connectivity index (χ4v) is 4.71. The van der Waals surface area contributed by atoms with Crippen molar-refractivity contribution in [3.05, 3.63) is 12.2 Å². The van der Waals surface area contributed by atoms with Crippen LogP contribution in [0.15, 0.2) is 12.2 Å². The third kappa shape index (κ3) is 2.44. The van der Waals surface area contributed by atoms with Crippen LogP contribution in [0.25, 0.3) is 0 Å². The van der Waals surface area contributed by atoms with Crippen molar-refractivity contribution in [1.29, 1.82) is 0 Å².